The summed E-state index contributed by atoms with van der Waals surface area (Å²) in [5, 5.41) is 17.5. The Kier molecular flexibility index (Phi) is 10.6. The highest BCUT2D eigenvalue weighted by atomic mass is 35.5. The van der Waals surface area contributed by atoms with Crippen molar-refractivity contribution in [1.82, 2.24) is 25.6 Å². The molecule has 0 radical (unpaired) electrons. The molecular formula is C36H39Cl2N5O4. The van der Waals surface area contributed by atoms with Crippen LogP contribution in [0, 0.1) is 5.92 Å². The maximum Gasteiger partial charge on any atom is 0.237 e. The van der Waals surface area contributed by atoms with E-state index in [0.717, 1.165) is 67.3 Å². The number of hydrogen-bond donors (Lipinski definition) is 3. The lowest BCUT2D eigenvalue weighted by Gasteiger charge is -2.17. The zero-order chi connectivity index (χ0) is 32.9. The fraction of sp³-hybridized carbons (Fsp3) is 0.389. The number of nitrogens with zero attached hydrogens (tertiary/aromatic N) is 3. The minimum atomic E-state index is -0.346. The van der Waals surface area contributed by atoms with Crippen LogP contribution in [-0.2, 0) is 17.8 Å². The first kappa shape index (κ1) is 33.2. The molecule has 11 heteroatoms. The Morgan fingerprint density at radius 2 is 1.60 bits per heavy atom. The van der Waals surface area contributed by atoms with Crippen LogP contribution in [0.1, 0.15) is 49.8 Å². The standard InChI is InChI=1S/C36H39Cl2N5O4/c1-46-35-22(8-3-7-21-17-32(45)41-18-21)15-16-27(42-35)25-11-4-9-23(33(25)37)24-10-5-12-26(34(24)38)29-19-40-30(36(43-29)47-2)20-39-28-13-6-14-31(28)44/h4-5,9-12,15-16,19,21,28,31,39,44H,3,6-8,13-14,17-18,20H2,1-2H3,(H,41,45)/t21-,28-,31+/m0/s1. The number of hydrogen-bond acceptors (Lipinski definition) is 8. The number of rotatable bonds is 12. The van der Waals surface area contributed by atoms with E-state index in [-0.39, 0.29) is 18.1 Å². The molecule has 1 amide bonds. The van der Waals surface area contributed by atoms with Crippen molar-refractivity contribution in [2.75, 3.05) is 20.8 Å². The van der Waals surface area contributed by atoms with Gasteiger partial charge in [-0.1, -0.05) is 65.7 Å². The third-order valence-electron chi connectivity index (χ3n) is 9.11. The molecule has 9 nitrogen and oxygen atoms in total. The van der Waals surface area contributed by atoms with Crippen molar-refractivity contribution in [2.45, 2.75) is 63.6 Å². The molecule has 1 saturated carbocycles. The van der Waals surface area contributed by atoms with Crippen LogP contribution in [0.4, 0.5) is 0 Å². The van der Waals surface area contributed by atoms with Crippen molar-refractivity contribution >= 4 is 29.1 Å². The van der Waals surface area contributed by atoms with Gasteiger partial charge in [-0.25, -0.2) is 9.97 Å². The first-order valence-electron chi connectivity index (χ1n) is 16.1. The molecule has 0 unspecified atom stereocenters. The van der Waals surface area contributed by atoms with E-state index in [9.17, 15) is 9.90 Å². The lowest BCUT2D eigenvalue weighted by Crippen LogP contribution is -2.35. The van der Waals surface area contributed by atoms with Gasteiger partial charge in [0, 0.05) is 53.4 Å². The summed E-state index contributed by atoms with van der Waals surface area (Å²) in [7, 11) is 3.19. The lowest BCUT2D eigenvalue weighted by molar-refractivity contribution is -0.119. The highest BCUT2D eigenvalue weighted by Gasteiger charge is 2.26. The first-order valence-corrected chi connectivity index (χ1v) is 16.8. The summed E-state index contributed by atoms with van der Waals surface area (Å²) in [6, 6.07) is 15.6. The van der Waals surface area contributed by atoms with Crippen LogP contribution in [0.25, 0.3) is 33.6 Å². The third-order valence-corrected chi connectivity index (χ3v) is 9.92. The van der Waals surface area contributed by atoms with Crippen LogP contribution in [0.2, 0.25) is 10.0 Å². The molecule has 6 rings (SSSR count). The maximum atomic E-state index is 11.5. The van der Waals surface area contributed by atoms with Crippen LogP contribution in [0.5, 0.6) is 11.8 Å². The number of aliphatic hydroxyl groups is 1. The Balaban J connectivity index is 1.23. The number of carbonyl (C=O) groups excluding carboxylic acids is 1. The smallest absolute Gasteiger partial charge is 0.237 e. The number of amides is 1. The molecule has 1 aliphatic heterocycles. The van der Waals surface area contributed by atoms with Crippen molar-refractivity contribution in [1.29, 1.82) is 0 Å². The minimum absolute atomic E-state index is 0.0419. The Bertz CT molecular complexity index is 1750. The number of aromatic nitrogens is 3. The van der Waals surface area contributed by atoms with Gasteiger partial charge in [0.15, 0.2) is 0 Å². The number of pyridine rings is 1. The van der Waals surface area contributed by atoms with Crippen molar-refractivity contribution in [3.05, 3.63) is 76.0 Å². The zero-order valence-electron chi connectivity index (χ0n) is 26.6. The molecule has 0 spiro atoms. The van der Waals surface area contributed by atoms with E-state index in [1.165, 1.54) is 0 Å². The minimum Gasteiger partial charge on any atom is -0.481 e. The van der Waals surface area contributed by atoms with Gasteiger partial charge in [-0.2, -0.15) is 0 Å². The van der Waals surface area contributed by atoms with Gasteiger partial charge in [0.05, 0.1) is 48.0 Å². The van der Waals surface area contributed by atoms with Gasteiger partial charge >= 0.3 is 0 Å². The van der Waals surface area contributed by atoms with E-state index in [0.29, 0.717) is 63.3 Å². The monoisotopic (exact) mass is 675 g/mol. The molecule has 4 aromatic rings. The molecule has 0 bridgehead atoms. The average Bonchev–Trinajstić information content (AvgIpc) is 3.70. The Morgan fingerprint density at radius 1 is 0.915 bits per heavy atom. The zero-order valence-corrected chi connectivity index (χ0v) is 28.1. The quantitative estimate of drug-likeness (QED) is 0.153. The summed E-state index contributed by atoms with van der Waals surface area (Å²) in [5.41, 5.74) is 5.92. The molecule has 3 N–H and O–H groups in total. The van der Waals surface area contributed by atoms with Crippen LogP contribution >= 0.6 is 23.2 Å². The van der Waals surface area contributed by atoms with Crippen LogP contribution in [0.3, 0.4) is 0 Å². The SMILES string of the molecule is COc1nc(-c2cccc(-c3cccc(-c4cnc(CN[C@H]5CCC[C@H]5O)c(OC)n4)c3Cl)c2Cl)ccc1CCC[C@@H]1CNC(=O)C1. The van der Waals surface area contributed by atoms with E-state index >= 15 is 0 Å². The summed E-state index contributed by atoms with van der Waals surface area (Å²) < 4.78 is 11.3. The van der Waals surface area contributed by atoms with Gasteiger partial charge in [-0.05, 0) is 50.5 Å². The second-order valence-electron chi connectivity index (χ2n) is 12.2. The van der Waals surface area contributed by atoms with Crippen LogP contribution < -0.4 is 20.1 Å². The molecule has 47 heavy (non-hydrogen) atoms. The number of halogens is 2. The second-order valence-corrected chi connectivity index (χ2v) is 12.9. The molecule has 2 aromatic heterocycles. The number of nitrogens with one attached hydrogen (secondary N) is 2. The summed E-state index contributed by atoms with van der Waals surface area (Å²) >= 11 is 14.1. The predicted molar refractivity (Wildman–Crippen MR) is 184 cm³/mol. The van der Waals surface area contributed by atoms with Gasteiger partial charge in [-0.15, -0.1) is 0 Å². The molecule has 1 saturated heterocycles. The summed E-state index contributed by atoms with van der Waals surface area (Å²) in [6.07, 6.45) is 7.42. The molecule has 2 fully saturated rings. The number of carbonyl (C=O) groups is 1. The highest BCUT2D eigenvalue weighted by molar-refractivity contribution is 6.39. The third kappa shape index (κ3) is 7.38. The molecule has 2 aromatic carbocycles. The topological polar surface area (TPSA) is 118 Å². The molecule has 246 valence electrons. The average molecular weight is 677 g/mol. The number of ether oxygens (including phenoxy) is 2. The van der Waals surface area contributed by atoms with Gasteiger partial charge in [0.25, 0.3) is 0 Å². The van der Waals surface area contributed by atoms with E-state index in [1.807, 2.05) is 48.5 Å². The van der Waals surface area contributed by atoms with Crippen molar-refractivity contribution in [2.24, 2.45) is 5.92 Å². The van der Waals surface area contributed by atoms with Gasteiger partial charge in [0.2, 0.25) is 17.7 Å². The Morgan fingerprint density at radius 3 is 2.23 bits per heavy atom. The van der Waals surface area contributed by atoms with Crippen molar-refractivity contribution in [3.8, 4) is 45.4 Å². The first-order chi connectivity index (χ1) is 22.9. The molecular weight excluding hydrogens is 637 g/mol. The molecule has 3 atom stereocenters. The van der Waals surface area contributed by atoms with Crippen LogP contribution in [0.15, 0.2) is 54.7 Å². The highest BCUT2D eigenvalue weighted by Crippen LogP contribution is 2.42. The van der Waals surface area contributed by atoms with E-state index in [4.69, 9.17) is 42.6 Å². The largest absolute Gasteiger partial charge is 0.481 e. The number of aryl methyl sites for hydroxylation is 1. The van der Waals surface area contributed by atoms with E-state index < -0.39 is 0 Å². The number of benzene rings is 2. The second kappa shape index (κ2) is 15.0. The molecule has 2 aliphatic rings. The maximum absolute atomic E-state index is 11.5. The summed E-state index contributed by atoms with van der Waals surface area (Å²) in [6.45, 7) is 1.20. The van der Waals surface area contributed by atoms with Crippen LogP contribution in [-0.4, -0.2) is 58.9 Å². The predicted octanol–water partition coefficient (Wildman–Crippen LogP) is 6.66. The summed E-state index contributed by atoms with van der Waals surface area (Å²) in [5.74, 6) is 1.49. The fourth-order valence-corrected chi connectivity index (χ4v) is 7.18. The Hall–Kier alpha value is -3.76. The van der Waals surface area contributed by atoms with E-state index in [1.54, 1.807) is 20.4 Å². The molecule has 3 heterocycles. The molecule has 1 aliphatic carbocycles. The summed E-state index contributed by atoms with van der Waals surface area (Å²) in [4.78, 5) is 25.7. The number of aliphatic hydroxyl groups excluding tert-OH is 1. The van der Waals surface area contributed by atoms with Crippen molar-refractivity contribution < 1.29 is 19.4 Å². The van der Waals surface area contributed by atoms with Crippen molar-refractivity contribution in [3.63, 3.8) is 0 Å². The van der Waals surface area contributed by atoms with Gasteiger partial charge in [-0.3, -0.25) is 9.78 Å². The Labute approximate surface area is 285 Å². The van der Waals surface area contributed by atoms with E-state index in [2.05, 4.69) is 15.6 Å². The lowest BCUT2D eigenvalue weighted by atomic mass is 9.97. The van der Waals surface area contributed by atoms with Gasteiger partial charge < -0.3 is 25.2 Å². The normalized spacial score (nSPS) is 19.2. The van der Waals surface area contributed by atoms with Gasteiger partial charge in [0.1, 0.15) is 5.69 Å². The number of methoxy groups -OCH3 is 2. The fourth-order valence-electron chi connectivity index (χ4n) is 6.53.